The van der Waals surface area contributed by atoms with Gasteiger partial charge in [0, 0.05) is 0 Å². The molecule has 0 heterocycles. The standard InChI is InChI=1S/C20H38O4.C16H30O4/c1-3-5-7-9-11-13-15-17-19(21)23-24-20(22)18-16-14-12-10-8-6-4-2;1-3-5-7-9-11-13-15(17)19-20-16(18)14-12-10-8-6-4-2/h3-18H2,1-2H3;3-14H2,1-2H3. The summed E-state index contributed by atoms with van der Waals surface area (Å²) in [6.07, 6.45) is 28.1. The summed E-state index contributed by atoms with van der Waals surface area (Å²) in [6, 6.07) is 0. The number of rotatable bonds is 28. The van der Waals surface area contributed by atoms with Crippen molar-refractivity contribution in [2.75, 3.05) is 0 Å². The van der Waals surface area contributed by atoms with E-state index in [-0.39, 0.29) is 0 Å². The maximum atomic E-state index is 11.5. The highest BCUT2D eigenvalue weighted by atomic mass is 17.2. The first-order valence-corrected chi connectivity index (χ1v) is 18.2. The van der Waals surface area contributed by atoms with Crippen LogP contribution in [-0.4, -0.2) is 23.9 Å². The van der Waals surface area contributed by atoms with Crippen molar-refractivity contribution in [2.24, 2.45) is 0 Å². The number of carbonyl (C=O) groups excluding carboxylic acids is 4. The van der Waals surface area contributed by atoms with Crippen molar-refractivity contribution in [3.05, 3.63) is 0 Å². The van der Waals surface area contributed by atoms with E-state index in [1.165, 1.54) is 77.0 Å². The second kappa shape index (κ2) is 37.1. The van der Waals surface area contributed by atoms with Gasteiger partial charge in [0.15, 0.2) is 0 Å². The first kappa shape index (κ1) is 44.0. The molecule has 0 aromatic rings. The number of hydrogen-bond donors (Lipinski definition) is 0. The van der Waals surface area contributed by atoms with E-state index >= 15 is 0 Å². The van der Waals surface area contributed by atoms with Crippen LogP contribution in [0.4, 0.5) is 0 Å². The highest BCUT2D eigenvalue weighted by Gasteiger charge is 2.10. The first-order valence-electron chi connectivity index (χ1n) is 18.2. The van der Waals surface area contributed by atoms with Gasteiger partial charge in [-0.05, 0) is 25.7 Å². The molecule has 260 valence electrons. The van der Waals surface area contributed by atoms with Crippen LogP contribution < -0.4 is 0 Å². The Morgan fingerprint density at radius 1 is 0.273 bits per heavy atom. The molecule has 44 heavy (non-hydrogen) atoms. The summed E-state index contributed by atoms with van der Waals surface area (Å²) in [5.41, 5.74) is 0. The molecule has 0 aliphatic heterocycles. The molecule has 0 rings (SSSR count). The van der Waals surface area contributed by atoms with E-state index in [2.05, 4.69) is 47.2 Å². The van der Waals surface area contributed by atoms with Crippen molar-refractivity contribution in [1.29, 1.82) is 0 Å². The smallest absolute Gasteiger partial charge is 0.247 e. The van der Waals surface area contributed by atoms with Crippen molar-refractivity contribution in [1.82, 2.24) is 0 Å². The monoisotopic (exact) mass is 628 g/mol. The Balaban J connectivity index is 0. The van der Waals surface area contributed by atoms with Gasteiger partial charge in [0.05, 0.1) is 25.7 Å². The van der Waals surface area contributed by atoms with E-state index in [4.69, 9.17) is 0 Å². The Kier molecular flexibility index (Phi) is 37.1. The summed E-state index contributed by atoms with van der Waals surface area (Å²) in [5, 5.41) is 0. The van der Waals surface area contributed by atoms with Crippen molar-refractivity contribution in [3.63, 3.8) is 0 Å². The lowest BCUT2D eigenvalue weighted by atomic mass is 10.1. The quantitative estimate of drug-likeness (QED) is 0.0478. The fraction of sp³-hybridized carbons (Fsp3) is 0.889. The molecule has 0 saturated carbocycles. The Hall–Kier alpha value is -2.12. The molecule has 0 aromatic carbocycles. The average molecular weight is 629 g/mol. The molecular formula is C36H68O8. The van der Waals surface area contributed by atoms with Gasteiger partial charge in [-0.3, -0.25) is 0 Å². The van der Waals surface area contributed by atoms with Gasteiger partial charge in [0.25, 0.3) is 0 Å². The lowest BCUT2D eigenvalue weighted by Gasteiger charge is -2.04. The van der Waals surface area contributed by atoms with Crippen LogP contribution in [-0.2, 0) is 38.7 Å². The molecule has 0 N–H and O–H groups in total. The Morgan fingerprint density at radius 3 is 0.614 bits per heavy atom. The largest absolute Gasteiger partial charge is 0.355 e. The van der Waals surface area contributed by atoms with Gasteiger partial charge in [0.2, 0.25) is 0 Å². The van der Waals surface area contributed by atoms with Crippen LogP contribution in [0.1, 0.15) is 207 Å². The summed E-state index contributed by atoms with van der Waals surface area (Å²) in [5.74, 6) is -1.75. The minimum Gasteiger partial charge on any atom is -0.247 e. The molecule has 0 saturated heterocycles. The molecular weight excluding hydrogens is 560 g/mol. The maximum absolute atomic E-state index is 11.5. The summed E-state index contributed by atoms with van der Waals surface area (Å²) in [4.78, 5) is 63.7. The molecule has 0 spiro atoms. The fourth-order valence-electron chi connectivity index (χ4n) is 4.55. The third-order valence-corrected chi connectivity index (χ3v) is 7.39. The van der Waals surface area contributed by atoms with E-state index in [9.17, 15) is 19.2 Å². The van der Waals surface area contributed by atoms with Gasteiger partial charge in [-0.1, -0.05) is 156 Å². The van der Waals surface area contributed by atoms with Gasteiger partial charge < -0.3 is 0 Å². The van der Waals surface area contributed by atoms with E-state index in [0.29, 0.717) is 25.7 Å². The third-order valence-electron chi connectivity index (χ3n) is 7.39. The van der Waals surface area contributed by atoms with Gasteiger partial charge in [-0.2, -0.15) is 0 Å². The summed E-state index contributed by atoms with van der Waals surface area (Å²) in [6.45, 7) is 8.70. The molecule has 0 aliphatic carbocycles. The van der Waals surface area contributed by atoms with Crippen LogP contribution in [0.3, 0.4) is 0 Å². The van der Waals surface area contributed by atoms with E-state index in [1.54, 1.807) is 0 Å². The number of carbonyl (C=O) groups is 4. The molecule has 0 radical (unpaired) electrons. The first-order chi connectivity index (χ1) is 21.4. The summed E-state index contributed by atoms with van der Waals surface area (Å²) in [7, 11) is 0. The van der Waals surface area contributed by atoms with Crippen LogP contribution in [0, 0.1) is 0 Å². The fourth-order valence-corrected chi connectivity index (χ4v) is 4.55. The molecule has 0 aliphatic rings. The highest BCUT2D eigenvalue weighted by Crippen LogP contribution is 2.11. The topological polar surface area (TPSA) is 105 Å². The van der Waals surface area contributed by atoms with Crippen LogP contribution in [0.15, 0.2) is 0 Å². The molecule has 0 atom stereocenters. The highest BCUT2D eigenvalue weighted by molar-refractivity contribution is 5.73. The van der Waals surface area contributed by atoms with E-state index in [0.717, 1.165) is 77.0 Å². The van der Waals surface area contributed by atoms with Gasteiger partial charge in [0.1, 0.15) is 0 Å². The van der Waals surface area contributed by atoms with Crippen molar-refractivity contribution in [3.8, 4) is 0 Å². The second-order valence-electron chi connectivity index (χ2n) is 11.9. The lowest BCUT2D eigenvalue weighted by Crippen LogP contribution is -2.11. The van der Waals surface area contributed by atoms with Crippen molar-refractivity contribution in [2.45, 2.75) is 207 Å². The second-order valence-corrected chi connectivity index (χ2v) is 11.9. The molecule has 0 amide bonds. The molecule has 0 aromatic heterocycles. The zero-order chi connectivity index (χ0) is 32.9. The van der Waals surface area contributed by atoms with E-state index < -0.39 is 23.9 Å². The number of hydrogen-bond acceptors (Lipinski definition) is 8. The Morgan fingerprint density at radius 2 is 0.432 bits per heavy atom. The molecule has 0 bridgehead atoms. The van der Waals surface area contributed by atoms with Crippen LogP contribution >= 0.6 is 0 Å². The average Bonchev–Trinajstić information content (AvgIpc) is 3.02. The minimum atomic E-state index is -0.444. The number of unbranched alkanes of at least 4 members (excludes halogenated alkanes) is 20. The maximum Gasteiger partial charge on any atom is 0.355 e. The molecule has 0 unspecified atom stereocenters. The zero-order valence-corrected chi connectivity index (χ0v) is 29.1. The lowest BCUT2D eigenvalue weighted by molar-refractivity contribution is -0.259. The van der Waals surface area contributed by atoms with Crippen molar-refractivity contribution < 1.29 is 38.7 Å². The minimum absolute atomic E-state index is 0.327. The Bertz CT molecular complexity index is 609. The third kappa shape index (κ3) is 37.9. The normalized spacial score (nSPS) is 10.5. The molecule has 8 nitrogen and oxygen atoms in total. The molecule has 8 heteroatoms. The van der Waals surface area contributed by atoms with Crippen molar-refractivity contribution >= 4 is 23.9 Å². The molecule has 0 fully saturated rings. The zero-order valence-electron chi connectivity index (χ0n) is 29.1. The van der Waals surface area contributed by atoms with Crippen LogP contribution in [0.2, 0.25) is 0 Å². The van der Waals surface area contributed by atoms with Gasteiger partial charge in [-0.25, -0.2) is 38.7 Å². The predicted octanol–water partition coefficient (Wildman–Crippen LogP) is 11.0. The van der Waals surface area contributed by atoms with Crippen LogP contribution in [0.25, 0.3) is 0 Å². The van der Waals surface area contributed by atoms with Crippen LogP contribution in [0.5, 0.6) is 0 Å². The summed E-state index contributed by atoms with van der Waals surface area (Å²) < 4.78 is 0. The Labute approximate surface area is 269 Å². The SMILES string of the molecule is CCCCCCCC(=O)OOC(=O)CCCCCCC.CCCCCCCCCC(=O)OOC(=O)CCCCCCCCC. The predicted molar refractivity (Wildman–Crippen MR) is 176 cm³/mol. The van der Waals surface area contributed by atoms with E-state index in [1.807, 2.05) is 0 Å². The van der Waals surface area contributed by atoms with Gasteiger partial charge in [-0.15, -0.1) is 0 Å². The summed E-state index contributed by atoms with van der Waals surface area (Å²) >= 11 is 0. The van der Waals surface area contributed by atoms with Gasteiger partial charge >= 0.3 is 23.9 Å².